The van der Waals surface area contributed by atoms with Crippen LogP contribution in [0.25, 0.3) is 0 Å². The van der Waals surface area contributed by atoms with Gasteiger partial charge in [-0.3, -0.25) is 5.10 Å². The molecule has 1 heterocycles. The molecule has 0 saturated carbocycles. The number of benzene rings is 2. The van der Waals surface area contributed by atoms with Crippen LogP contribution in [0, 0.1) is 0 Å². The standard InChI is InChI=1S/C19H21ClN4O3/c1-3-26-15-9-4-12(10-16(15)25-2)18(21)19-22-17(23-24-19)11-27-14-7-5-13(20)6-8-14/h4-10,18H,3,11,21H2,1-2H3,(H,22,23,24)/t18-/m1/s1. The van der Waals surface area contributed by atoms with Gasteiger partial charge in [0.25, 0.3) is 0 Å². The van der Waals surface area contributed by atoms with Crippen LogP contribution >= 0.6 is 11.6 Å². The van der Waals surface area contributed by atoms with Gasteiger partial charge in [-0.05, 0) is 48.9 Å². The lowest BCUT2D eigenvalue weighted by Crippen LogP contribution is -2.14. The van der Waals surface area contributed by atoms with E-state index >= 15 is 0 Å². The van der Waals surface area contributed by atoms with Gasteiger partial charge < -0.3 is 19.9 Å². The molecule has 0 amide bonds. The van der Waals surface area contributed by atoms with Crippen LogP contribution in [-0.2, 0) is 6.61 Å². The molecule has 0 saturated heterocycles. The zero-order valence-corrected chi connectivity index (χ0v) is 15.9. The number of nitrogens with one attached hydrogen (secondary N) is 1. The highest BCUT2D eigenvalue weighted by atomic mass is 35.5. The van der Waals surface area contributed by atoms with Crippen molar-refractivity contribution in [1.82, 2.24) is 15.2 Å². The van der Waals surface area contributed by atoms with Gasteiger partial charge >= 0.3 is 0 Å². The maximum atomic E-state index is 6.30. The van der Waals surface area contributed by atoms with Crippen LogP contribution in [0.1, 0.15) is 30.2 Å². The predicted octanol–water partition coefficient (Wildman–Crippen LogP) is 3.49. The zero-order valence-electron chi connectivity index (χ0n) is 15.1. The van der Waals surface area contributed by atoms with Crippen LogP contribution in [-0.4, -0.2) is 28.9 Å². The number of hydrogen-bond acceptors (Lipinski definition) is 6. The Labute approximate surface area is 162 Å². The average Bonchev–Trinajstić information content (AvgIpc) is 3.16. The summed E-state index contributed by atoms with van der Waals surface area (Å²) >= 11 is 5.86. The monoisotopic (exact) mass is 388 g/mol. The molecular weight excluding hydrogens is 368 g/mol. The van der Waals surface area contributed by atoms with E-state index in [0.29, 0.717) is 40.5 Å². The summed E-state index contributed by atoms with van der Waals surface area (Å²) in [6.45, 7) is 2.72. The van der Waals surface area contributed by atoms with E-state index in [9.17, 15) is 0 Å². The third kappa shape index (κ3) is 4.69. The van der Waals surface area contributed by atoms with Gasteiger partial charge in [0.05, 0.1) is 19.8 Å². The third-order valence-corrected chi connectivity index (χ3v) is 4.11. The minimum absolute atomic E-state index is 0.244. The first kappa shape index (κ1) is 19.0. The Balaban J connectivity index is 1.69. The minimum Gasteiger partial charge on any atom is -0.493 e. The number of rotatable bonds is 8. The van der Waals surface area contributed by atoms with Crippen LogP contribution < -0.4 is 19.9 Å². The van der Waals surface area contributed by atoms with Crippen molar-refractivity contribution in [2.45, 2.75) is 19.6 Å². The summed E-state index contributed by atoms with van der Waals surface area (Å²) < 4.78 is 16.5. The fourth-order valence-corrected chi connectivity index (χ4v) is 2.62. The highest BCUT2D eigenvalue weighted by Gasteiger charge is 2.17. The molecule has 0 aliphatic heterocycles. The number of aromatic amines is 1. The summed E-state index contributed by atoms with van der Waals surface area (Å²) in [6, 6.07) is 12.1. The number of nitrogens with zero attached hydrogens (tertiary/aromatic N) is 2. The molecule has 0 fully saturated rings. The predicted molar refractivity (Wildman–Crippen MR) is 102 cm³/mol. The van der Waals surface area contributed by atoms with E-state index in [-0.39, 0.29) is 6.61 Å². The molecular formula is C19H21ClN4O3. The number of aromatic nitrogens is 3. The van der Waals surface area contributed by atoms with Gasteiger partial charge in [0.1, 0.15) is 12.4 Å². The molecule has 0 spiro atoms. The van der Waals surface area contributed by atoms with E-state index < -0.39 is 6.04 Å². The Bertz CT molecular complexity index is 883. The number of methoxy groups -OCH3 is 1. The smallest absolute Gasteiger partial charge is 0.172 e. The maximum absolute atomic E-state index is 6.30. The molecule has 7 nitrogen and oxygen atoms in total. The Hall–Kier alpha value is -2.77. The van der Waals surface area contributed by atoms with Crippen molar-refractivity contribution in [3.63, 3.8) is 0 Å². The summed E-state index contributed by atoms with van der Waals surface area (Å²) in [5.41, 5.74) is 7.12. The van der Waals surface area contributed by atoms with E-state index in [1.807, 2.05) is 25.1 Å². The molecule has 0 bridgehead atoms. The normalized spacial score (nSPS) is 11.9. The molecule has 3 N–H and O–H groups in total. The first-order valence-electron chi connectivity index (χ1n) is 8.46. The lowest BCUT2D eigenvalue weighted by Gasteiger charge is -2.13. The van der Waals surface area contributed by atoms with E-state index in [4.69, 9.17) is 31.5 Å². The highest BCUT2D eigenvalue weighted by molar-refractivity contribution is 6.30. The molecule has 2 aromatic carbocycles. The summed E-state index contributed by atoms with van der Waals surface area (Å²) in [5, 5.41) is 7.70. The van der Waals surface area contributed by atoms with Crippen molar-refractivity contribution in [1.29, 1.82) is 0 Å². The number of ether oxygens (including phenoxy) is 3. The number of H-pyrrole nitrogens is 1. The Kier molecular flexibility index (Phi) is 6.16. The Morgan fingerprint density at radius 2 is 1.89 bits per heavy atom. The van der Waals surface area contributed by atoms with Crippen LogP contribution in [0.2, 0.25) is 5.02 Å². The zero-order chi connectivity index (χ0) is 19.2. The topological polar surface area (TPSA) is 95.3 Å². The second-order valence-corrected chi connectivity index (χ2v) is 6.14. The molecule has 3 rings (SSSR count). The lowest BCUT2D eigenvalue weighted by atomic mass is 10.1. The first-order chi connectivity index (χ1) is 13.1. The van der Waals surface area contributed by atoms with Crippen molar-refractivity contribution in [3.8, 4) is 17.2 Å². The van der Waals surface area contributed by atoms with Crippen molar-refractivity contribution >= 4 is 11.6 Å². The Morgan fingerprint density at radius 3 is 2.59 bits per heavy atom. The van der Waals surface area contributed by atoms with Crippen LogP contribution in [0.5, 0.6) is 17.2 Å². The highest BCUT2D eigenvalue weighted by Crippen LogP contribution is 2.31. The minimum atomic E-state index is -0.505. The van der Waals surface area contributed by atoms with Crippen LogP contribution in [0.4, 0.5) is 0 Å². The SMILES string of the molecule is CCOc1ccc([C@@H](N)c2n[nH]c(COc3ccc(Cl)cc3)n2)cc1OC. The summed E-state index contributed by atoms with van der Waals surface area (Å²) in [5.74, 6) is 3.02. The molecule has 3 aromatic rings. The van der Waals surface area contributed by atoms with Crippen LogP contribution in [0.15, 0.2) is 42.5 Å². The average molecular weight is 389 g/mol. The van der Waals surface area contributed by atoms with E-state index in [1.165, 1.54) is 0 Å². The number of nitrogens with two attached hydrogens (primary N) is 1. The van der Waals surface area contributed by atoms with E-state index in [0.717, 1.165) is 5.56 Å². The van der Waals surface area contributed by atoms with Gasteiger partial charge in [-0.2, -0.15) is 5.10 Å². The summed E-state index contributed by atoms with van der Waals surface area (Å²) in [7, 11) is 1.59. The van der Waals surface area contributed by atoms with E-state index in [1.54, 1.807) is 31.4 Å². The van der Waals surface area contributed by atoms with Crippen molar-refractivity contribution < 1.29 is 14.2 Å². The largest absolute Gasteiger partial charge is 0.493 e. The molecule has 8 heteroatoms. The summed E-state index contributed by atoms with van der Waals surface area (Å²) in [6.07, 6.45) is 0. The van der Waals surface area contributed by atoms with Gasteiger partial charge in [0.2, 0.25) is 0 Å². The quantitative estimate of drug-likeness (QED) is 0.613. The van der Waals surface area contributed by atoms with Gasteiger partial charge in [0.15, 0.2) is 23.1 Å². The van der Waals surface area contributed by atoms with E-state index in [2.05, 4.69) is 15.2 Å². The second-order valence-electron chi connectivity index (χ2n) is 5.70. The molecule has 0 radical (unpaired) electrons. The lowest BCUT2D eigenvalue weighted by molar-refractivity contribution is 0.296. The maximum Gasteiger partial charge on any atom is 0.172 e. The second kappa shape index (κ2) is 8.75. The number of halogens is 1. The fourth-order valence-electron chi connectivity index (χ4n) is 2.50. The Morgan fingerprint density at radius 1 is 1.11 bits per heavy atom. The molecule has 1 aromatic heterocycles. The molecule has 1 atom stereocenters. The molecule has 27 heavy (non-hydrogen) atoms. The molecule has 142 valence electrons. The van der Waals surface area contributed by atoms with Crippen molar-refractivity contribution in [2.75, 3.05) is 13.7 Å². The summed E-state index contributed by atoms with van der Waals surface area (Å²) in [4.78, 5) is 4.42. The van der Waals surface area contributed by atoms with Gasteiger partial charge in [-0.25, -0.2) is 4.98 Å². The third-order valence-electron chi connectivity index (χ3n) is 3.86. The molecule has 0 unspecified atom stereocenters. The van der Waals surface area contributed by atoms with Crippen LogP contribution in [0.3, 0.4) is 0 Å². The van der Waals surface area contributed by atoms with Gasteiger partial charge in [-0.1, -0.05) is 17.7 Å². The van der Waals surface area contributed by atoms with Gasteiger partial charge in [0, 0.05) is 5.02 Å². The van der Waals surface area contributed by atoms with Crippen molar-refractivity contribution in [2.24, 2.45) is 5.73 Å². The molecule has 0 aliphatic carbocycles. The van der Waals surface area contributed by atoms with Gasteiger partial charge in [-0.15, -0.1) is 0 Å². The molecule has 0 aliphatic rings. The first-order valence-corrected chi connectivity index (χ1v) is 8.84. The fraction of sp³-hybridized carbons (Fsp3) is 0.263. The van der Waals surface area contributed by atoms with Crippen molar-refractivity contribution in [3.05, 3.63) is 64.7 Å². The number of hydrogen-bond donors (Lipinski definition) is 2.